The topological polar surface area (TPSA) is 24.5 Å². The average molecular weight is 282 g/mol. The van der Waals surface area contributed by atoms with Crippen molar-refractivity contribution in [2.75, 3.05) is 26.2 Å². The lowest BCUT2D eigenvalue weighted by molar-refractivity contribution is -0.149. The summed E-state index contributed by atoms with van der Waals surface area (Å²) >= 11 is 0. The molecular weight excluding hydrogens is 257 g/mol. The fourth-order valence-electron chi connectivity index (χ4n) is 2.31. The Kier molecular flexibility index (Phi) is 6.56. The number of alkyl halides is 3. The van der Waals surface area contributed by atoms with Crippen molar-refractivity contribution >= 4 is 0 Å². The molecule has 0 aromatic rings. The third-order valence-corrected chi connectivity index (χ3v) is 3.50. The van der Waals surface area contributed by atoms with Crippen molar-refractivity contribution in [2.24, 2.45) is 0 Å². The van der Waals surface area contributed by atoms with Crippen LogP contribution in [-0.2, 0) is 4.74 Å². The Morgan fingerprint density at radius 3 is 2.47 bits per heavy atom. The van der Waals surface area contributed by atoms with Crippen LogP contribution in [0.15, 0.2) is 0 Å². The molecule has 1 fully saturated rings. The van der Waals surface area contributed by atoms with E-state index in [0.717, 1.165) is 19.4 Å². The van der Waals surface area contributed by atoms with Crippen LogP contribution in [0.2, 0.25) is 0 Å². The van der Waals surface area contributed by atoms with Crippen LogP contribution >= 0.6 is 0 Å². The molecular formula is C13H25F3N2O. The minimum atomic E-state index is -4.13. The molecule has 1 heterocycles. The van der Waals surface area contributed by atoms with E-state index >= 15 is 0 Å². The highest BCUT2D eigenvalue weighted by molar-refractivity contribution is 4.77. The van der Waals surface area contributed by atoms with Crippen LogP contribution in [0.1, 0.15) is 33.6 Å². The summed E-state index contributed by atoms with van der Waals surface area (Å²) in [5.74, 6) is 0. The molecule has 0 aromatic carbocycles. The fourth-order valence-corrected chi connectivity index (χ4v) is 2.31. The van der Waals surface area contributed by atoms with Gasteiger partial charge in [-0.1, -0.05) is 0 Å². The van der Waals surface area contributed by atoms with Crippen LogP contribution in [0, 0.1) is 0 Å². The number of rotatable bonds is 7. The first kappa shape index (κ1) is 16.7. The third kappa shape index (κ3) is 6.58. The zero-order valence-corrected chi connectivity index (χ0v) is 12.0. The lowest BCUT2D eigenvalue weighted by Gasteiger charge is -2.28. The highest BCUT2D eigenvalue weighted by Crippen LogP contribution is 2.18. The summed E-state index contributed by atoms with van der Waals surface area (Å²) in [7, 11) is 0. The number of hydrogen-bond donors (Lipinski definition) is 1. The molecule has 1 N–H and O–H groups in total. The van der Waals surface area contributed by atoms with Crippen molar-refractivity contribution in [1.82, 2.24) is 10.2 Å². The van der Waals surface area contributed by atoms with Crippen molar-refractivity contribution in [1.29, 1.82) is 0 Å². The minimum absolute atomic E-state index is 0.110. The predicted molar refractivity (Wildman–Crippen MR) is 69.2 cm³/mol. The summed E-state index contributed by atoms with van der Waals surface area (Å²) in [5, 5.41) is 3.26. The second-order valence-electron chi connectivity index (χ2n) is 5.47. The summed E-state index contributed by atoms with van der Waals surface area (Å²) in [6.45, 7) is 6.50. The predicted octanol–water partition coefficient (Wildman–Crippen LogP) is 2.42. The molecule has 1 rings (SSSR count). The maximum Gasteiger partial charge on any atom is 0.401 e. The summed E-state index contributed by atoms with van der Waals surface area (Å²) in [6, 6.07) is 0.0869. The Morgan fingerprint density at radius 1 is 1.32 bits per heavy atom. The zero-order valence-electron chi connectivity index (χ0n) is 12.0. The molecule has 6 heteroatoms. The number of hydrogen-bond acceptors (Lipinski definition) is 3. The van der Waals surface area contributed by atoms with Gasteiger partial charge in [0.05, 0.1) is 12.6 Å². The second-order valence-corrected chi connectivity index (χ2v) is 5.47. The van der Waals surface area contributed by atoms with Gasteiger partial charge in [0.2, 0.25) is 0 Å². The van der Waals surface area contributed by atoms with Crippen LogP contribution in [0.4, 0.5) is 13.2 Å². The van der Waals surface area contributed by atoms with Crippen molar-refractivity contribution in [3.8, 4) is 0 Å². The van der Waals surface area contributed by atoms with Crippen LogP contribution in [0.3, 0.4) is 0 Å². The molecule has 1 aliphatic heterocycles. The maximum absolute atomic E-state index is 12.4. The van der Waals surface area contributed by atoms with E-state index in [0.29, 0.717) is 13.1 Å². The normalized spacial score (nSPS) is 22.4. The molecule has 19 heavy (non-hydrogen) atoms. The summed E-state index contributed by atoms with van der Waals surface area (Å²) < 4.78 is 42.8. The molecule has 0 radical (unpaired) electrons. The van der Waals surface area contributed by atoms with Crippen molar-refractivity contribution < 1.29 is 17.9 Å². The van der Waals surface area contributed by atoms with Gasteiger partial charge in [-0.3, -0.25) is 4.90 Å². The van der Waals surface area contributed by atoms with Gasteiger partial charge >= 0.3 is 6.18 Å². The third-order valence-electron chi connectivity index (χ3n) is 3.50. The highest BCUT2D eigenvalue weighted by Gasteiger charge is 2.31. The summed E-state index contributed by atoms with van der Waals surface area (Å²) in [6.07, 6.45) is -1.83. The average Bonchev–Trinajstić information content (AvgIpc) is 2.79. The van der Waals surface area contributed by atoms with E-state index in [2.05, 4.69) is 5.32 Å². The Bertz CT molecular complexity index is 253. The Labute approximate surface area is 113 Å². The zero-order chi connectivity index (χ0) is 14.5. The molecule has 0 spiro atoms. The monoisotopic (exact) mass is 282 g/mol. The van der Waals surface area contributed by atoms with E-state index in [1.807, 2.05) is 6.92 Å². The van der Waals surface area contributed by atoms with Crippen LogP contribution in [0.5, 0.6) is 0 Å². The van der Waals surface area contributed by atoms with Crippen LogP contribution in [-0.4, -0.2) is 55.5 Å². The Morgan fingerprint density at radius 2 is 2.00 bits per heavy atom. The number of nitrogens with zero attached hydrogens (tertiary/aromatic N) is 1. The van der Waals surface area contributed by atoms with Crippen LogP contribution < -0.4 is 5.32 Å². The SMILES string of the molecule is CC(NCCN(CC(F)(F)F)C(C)C)C1CCCO1. The standard InChI is InChI=1S/C13H25F3N2O/c1-10(2)18(9-13(14,15)16)7-6-17-11(3)12-5-4-8-19-12/h10-12,17H,4-9H2,1-3H3. The van der Waals surface area contributed by atoms with Gasteiger partial charge in [0.1, 0.15) is 0 Å². The second kappa shape index (κ2) is 7.45. The van der Waals surface area contributed by atoms with E-state index in [4.69, 9.17) is 4.74 Å². The van der Waals surface area contributed by atoms with Crippen molar-refractivity contribution in [3.05, 3.63) is 0 Å². The van der Waals surface area contributed by atoms with Gasteiger partial charge < -0.3 is 10.1 Å². The number of ether oxygens (including phenoxy) is 1. The maximum atomic E-state index is 12.4. The first-order valence-electron chi connectivity index (χ1n) is 6.95. The highest BCUT2D eigenvalue weighted by atomic mass is 19.4. The molecule has 0 saturated carbocycles. The molecule has 2 atom stereocenters. The first-order valence-corrected chi connectivity index (χ1v) is 6.95. The molecule has 2 unspecified atom stereocenters. The minimum Gasteiger partial charge on any atom is -0.377 e. The largest absolute Gasteiger partial charge is 0.401 e. The van der Waals surface area contributed by atoms with E-state index in [1.165, 1.54) is 4.90 Å². The Balaban J connectivity index is 2.27. The van der Waals surface area contributed by atoms with E-state index in [9.17, 15) is 13.2 Å². The molecule has 0 aromatic heterocycles. The number of nitrogens with one attached hydrogen (secondary N) is 1. The molecule has 1 aliphatic rings. The van der Waals surface area contributed by atoms with Gasteiger partial charge in [-0.25, -0.2) is 0 Å². The van der Waals surface area contributed by atoms with E-state index < -0.39 is 12.7 Å². The number of halogens is 3. The lowest BCUT2D eigenvalue weighted by atomic mass is 10.1. The van der Waals surface area contributed by atoms with Gasteiger partial charge in [-0.05, 0) is 33.6 Å². The molecule has 0 bridgehead atoms. The van der Waals surface area contributed by atoms with Gasteiger partial charge in [0.15, 0.2) is 0 Å². The van der Waals surface area contributed by atoms with E-state index in [1.54, 1.807) is 13.8 Å². The molecule has 1 saturated heterocycles. The van der Waals surface area contributed by atoms with Crippen molar-refractivity contribution in [2.45, 2.75) is 58.0 Å². The lowest BCUT2D eigenvalue weighted by Crippen LogP contribution is -2.45. The Hall–Kier alpha value is -0.330. The quantitative estimate of drug-likeness (QED) is 0.776. The van der Waals surface area contributed by atoms with Crippen molar-refractivity contribution in [3.63, 3.8) is 0 Å². The summed E-state index contributed by atoms with van der Waals surface area (Å²) in [4.78, 5) is 1.44. The van der Waals surface area contributed by atoms with E-state index in [-0.39, 0.29) is 18.2 Å². The van der Waals surface area contributed by atoms with Gasteiger partial charge in [0, 0.05) is 31.8 Å². The van der Waals surface area contributed by atoms with Gasteiger partial charge in [-0.15, -0.1) is 0 Å². The smallest absolute Gasteiger partial charge is 0.377 e. The molecule has 0 aliphatic carbocycles. The molecule has 114 valence electrons. The summed E-state index contributed by atoms with van der Waals surface area (Å²) in [5.41, 5.74) is 0. The molecule has 0 amide bonds. The first-order chi connectivity index (χ1) is 8.79. The van der Waals surface area contributed by atoms with Gasteiger partial charge in [0.25, 0.3) is 0 Å². The fraction of sp³-hybridized carbons (Fsp3) is 1.00. The van der Waals surface area contributed by atoms with Crippen LogP contribution in [0.25, 0.3) is 0 Å². The van der Waals surface area contributed by atoms with Gasteiger partial charge in [-0.2, -0.15) is 13.2 Å². The molecule has 3 nitrogen and oxygen atoms in total.